The summed E-state index contributed by atoms with van der Waals surface area (Å²) in [5, 5.41) is 4.05. The summed E-state index contributed by atoms with van der Waals surface area (Å²) in [6.07, 6.45) is 0.955. The maximum Gasteiger partial charge on any atom is 0.145 e. The molecule has 0 radical (unpaired) electrons. The van der Waals surface area contributed by atoms with Crippen molar-refractivity contribution in [2.24, 2.45) is 0 Å². The van der Waals surface area contributed by atoms with E-state index in [1.165, 1.54) is 5.56 Å². The van der Waals surface area contributed by atoms with Crippen LogP contribution in [0.15, 0.2) is 42.5 Å². The van der Waals surface area contributed by atoms with Gasteiger partial charge in [0.25, 0.3) is 0 Å². The first-order chi connectivity index (χ1) is 10.2. The third-order valence-electron chi connectivity index (χ3n) is 3.41. The molecule has 0 saturated carbocycles. The van der Waals surface area contributed by atoms with Crippen LogP contribution in [0.3, 0.4) is 0 Å². The SMILES string of the molecule is CCC(Nc1cc(Cl)c(OC)cc1OC)c1ccccc1. The zero-order valence-corrected chi connectivity index (χ0v) is 13.3. The quantitative estimate of drug-likeness (QED) is 0.821. The van der Waals surface area contributed by atoms with Crippen LogP contribution >= 0.6 is 11.6 Å². The molecule has 2 rings (SSSR count). The molecule has 0 bridgehead atoms. The van der Waals surface area contributed by atoms with Crippen molar-refractivity contribution in [1.29, 1.82) is 0 Å². The largest absolute Gasteiger partial charge is 0.495 e. The minimum atomic E-state index is 0.199. The molecular weight excluding hydrogens is 286 g/mol. The third-order valence-corrected chi connectivity index (χ3v) is 3.71. The number of ether oxygens (including phenoxy) is 2. The van der Waals surface area contributed by atoms with Crippen molar-refractivity contribution >= 4 is 17.3 Å². The summed E-state index contributed by atoms with van der Waals surface area (Å²) >= 11 is 6.21. The Morgan fingerprint density at radius 1 is 1.05 bits per heavy atom. The average Bonchev–Trinajstić information content (AvgIpc) is 2.53. The fraction of sp³-hybridized carbons (Fsp3) is 0.294. The number of benzene rings is 2. The average molecular weight is 306 g/mol. The molecule has 0 heterocycles. The molecule has 21 heavy (non-hydrogen) atoms. The minimum Gasteiger partial charge on any atom is -0.495 e. The zero-order valence-electron chi connectivity index (χ0n) is 12.5. The summed E-state index contributed by atoms with van der Waals surface area (Å²) in [6, 6.07) is 14.1. The van der Waals surface area contributed by atoms with Gasteiger partial charge in [0.05, 0.1) is 31.0 Å². The molecule has 112 valence electrons. The predicted octanol–water partition coefficient (Wildman–Crippen LogP) is 4.92. The Labute approximate surface area is 130 Å². The molecule has 0 aliphatic heterocycles. The Hall–Kier alpha value is -1.87. The second-order valence-electron chi connectivity index (χ2n) is 4.70. The summed E-state index contributed by atoms with van der Waals surface area (Å²) in [5.41, 5.74) is 2.09. The first-order valence-electron chi connectivity index (χ1n) is 6.92. The van der Waals surface area contributed by atoms with E-state index in [1.54, 1.807) is 20.3 Å². The molecule has 4 heteroatoms. The van der Waals surface area contributed by atoms with Crippen molar-refractivity contribution in [1.82, 2.24) is 0 Å². The van der Waals surface area contributed by atoms with Gasteiger partial charge in [-0.05, 0) is 18.1 Å². The van der Waals surface area contributed by atoms with E-state index < -0.39 is 0 Å². The number of anilines is 1. The van der Waals surface area contributed by atoms with Crippen LogP contribution in [0, 0.1) is 0 Å². The van der Waals surface area contributed by atoms with Gasteiger partial charge in [-0.2, -0.15) is 0 Å². The zero-order chi connectivity index (χ0) is 15.2. The molecule has 0 aliphatic rings. The second kappa shape index (κ2) is 7.23. The lowest BCUT2D eigenvalue weighted by Crippen LogP contribution is -2.10. The summed E-state index contributed by atoms with van der Waals surface area (Å²) in [4.78, 5) is 0. The molecule has 2 aromatic rings. The van der Waals surface area contributed by atoms with Crippen LogP contribution in [0.25, 0.3) is 0 Å². The Balaban J connectivity index is 2.31. The highest BCUT2D eigenvalue weighted by atomic mass is 35.5. The summed E-state index contributed by atoms with van der Waals surface area (Å²) in [6.45, 7) is 2.14. The molecule has 1 atom stereocenters. The molecule has 1 unspecified atom stereocenters. The molecule has 0 amide bonds. The van der Waals surface area contributed by atoms with Gasteiger partial charge in [-0.15, -0.1) is 0 Å². The van der Waals surface area contributed by atoms with Crippen LogP contribution in [-0.4, -0.2) is 14.2 Å². The Morgan fingerprint density at radius 2 is 1.71 bits per heavy atom. The maximum atomic E-state index is 6.21. The van der Waals surface area contributed by atoms with Gasteiger partial charge in [0, 0.05) is 6.07 Å². The lowest BCUT2D eigenvalue weighted by molar-refractivity contribution is 0.395. The van der Waals surface area contributed by atoms with Crippen LogP contribution in [0.2, 0.25) is 5.02 Å². The van der Waals surface area contributed by atoms with Gasteiger partial charge in [0.1, 0.15) is 11.5 Å². The lowest BCUT2D eigenvalue weighted by atomic mass is 10.0. The molecule has 0 aromatic heterocycles. The van der Waals surface area contributed by atoms with Gasteiger partial charge in [-0.1, -0.05) is 48.9 Å². The number of hydrogen-bond acceptors (Lipinski definition) is 3. The van der Waals surface area contributed by atoms with Crippen molar-refractivity contribution in [3.8, 4) is 11.5 Å². The molecule has 0 spiro atoms. The molecule has 0 fully saturated rings. The predicted molar refractivity (Wildman–Crippen MR) is 87.7 cm³/mol. The first kappa shape index (κ1) is 15.5. The van der Waals surface area contributed by atoms with Gasteiger partial charge < -0.3 is 14.8 Å². The molecule has 2 aromatic carbocycles. The van der Waals surface area contributed by atoms with Gasteiger partial charge in [-0.25, -0.2) is 0 Å². The van der Waals surface area contributed by atoms with Crippen LogP contribution in [0.5, 0.6) is 11.5 Å². The van der Waals surface area contributed by atoms with E-state index >= 15 is 0 Å². The van der Waals surface area contributed by atoms with E-state index in [-0.39, 0.29) is 6.04 Å². The van der Waals surface area contributed by atoms with E-state index in [0.717, 1.165) is 12.1 Å². The molecule has 0 saturated heterocycles. The van der Waals surface area contributed by atoms with E-state index in [9.17, 15) is 0 Å². The number of methoxy groups -OCH3 is 2. The van der Waals surface area contributed by atoms with E-state index in [0.29, 0.717) is 16.5 Å². The summed E-state index contributed by atoms with van der Waals surface area (Å²) < 4.78 is 10.6. The monoisotopic (exact) mass is 305 g/mol. The smallest absolute Gasteiger partial charge is 0.145 e. The Morgan fingerprint density at radius 3 is 2.29 bits per heavy atom. The van der Waals surface area contributed by atoms with Crippen LogP contribution in [0.4, 0.5) is 5.69 Å². The number of rotatable bonds is 6. The van der Waals surface area contributed by atoms with Gasteiger partial charge >= 0.3 is 0 Å². The molecule has 3 nitrogen and oxygen atoms in total. The van der Waals surface area contributed by atoms with Crippen molar-refractivity contribution in [3.05, 3.63) is 53.1 Å². The van der Waals surface area contributed by atoms with Gasteiger partial charge in [0.15, 0.2) is 0 Å². The molecule has 0 aliphatic carbocycles. The summed E-state index contributed by atoms with van der Waals surface area (Å²) in [5.74, 6) is 1.32. The van der Waals surface area contributed by atoms with E-state index in [4.69, 9.17) is 21.1 Å². The van der Waals surface area contributed by atoms with Crippen LogP contribution in [0.1, 0.15) is 24.9 Å². The van der Waals surface area contributed by atoms with E-state index in [1.807, 2.05) is 24.3 Å². The highest BCUT2D eigenvalue weighted by molar-refractivity contribution is 6.32. The number of halogens is 1. The topological polar surface area (TPSA) is 30.5 Å². The fourth-order valence-electron chi connectivity index (χ4n) is 2.27. The van der Waals surface area contributed by atoms with Crippen molar-refractivity contribution in [3.63, 3.8) is 0 Å². The third kappa shape index (κ3) is 3.61. The Bertz CT molecular complexity index is 587. The van der Waals surface area contributed by atoms with Crippen LogP contribution in [-0.2, 0) is 0 Å². The van der Waals surface area contributed by atoms with Crippen molar-refractivity contribution < 1.29 is 9.47 Å². The van der Waals surface area contributed by atoms with E-state index in [2.05, 4.69) is 24.4 Å². The van der Waals surface area contributed by atoms with Gasteiger partial charge in [-0.3, -0.25) is 0 Å². The number of nitrogens with one attached hydrogen (secondary N) is 1. The van der Waals surface area contributed by atoms with Crippen LogP contribution < -0.4 is 14.8 Å². The Kier molecular flexibility index (Phi) is 5.34. The first-order valence-corrected chi connectivity index (χ1v) is 7.30. The standard InChI is InChI=1S/C17H20ClNO2/c1-4-14(12-8-6-5-7-9-12)19-15-10-13(18)16(20-2)11-17(15)21-3/h5-11,14,19H,4H2,1-3H3. The minimum absolute atomic E-state index is 0.199. The lowest BCUT2D eigenvalue weighted by Gasteiger charge is -2.21. The molecule has 1 N–H and O–H groups in total. The van der Waals surface area contributed by atoms with Crippen molar-refractivity contribution in [2.75, 3.05) is 19.5 Å². The molecular formula is C17H20ClNO2. The normalized spacial score (nSPS) is 11.8. The van der Waals surface area contributed by atoms with Crippen molar-refractivity contribution in [2.45, 2.75) is 19.4 Å². The number of hydrogen-bond donors (Lipinski definition) is 1. The maximum absolute atomic E-state index is 6.21. The second-order valence-corrected chi connectivity index (χ2v) is 5.11. The highest BCUT2D eigenvalue weighted by Gasteiger charge is 2.14. The highest BCUT2D eigenvalue weighted by Crippen LogP contribution is 2.37. The van der Waals surface area contributed by atoms with Gasteiger partial charge in [0.2, 0.25) is 0 Å². The fourth-order valence-corrected chi connectivity index (χ4v) is 2.51. The summed E-state index contributed by atoms with van der Waals surface area (Å²) in [7, 11) is 3.23.